The lowest BCUT2D eigenvalue weighted by Gasteiger charge is -2.03. The van der Waals surface area contributed by atoms with Crippen LogP contribution in [0.25, 0.3) is 11.3 Å². The van der Waals surface area contributed by atoms with E-state index < -0.39 is 0 Å². The van der Waals surface area contributed by atoms with Gasteiger partial charge in [0.25, 0.3) is 0 Å². The third-order valence-electron chi connectivity index (χ3n) is 2.15. The van der Waals surface area contributed by atoms with Crippen molar-refractivity contribution >= 4 is 0 Å². The normalized spacial score (nSPS) is 10.4. The van der Waals surface area contributed by atoms with E-state index in [-0.39, 0.29) is 5.82 Å². The van der Waals surface area contributed by atoms with Crippen molar-refractivity contribution in [1.82, 2.24) is 4.98 Å². The monoisotopic (exact) mass is 190 g/mol. The average molecular weight is 190 g/mol. The van der Waals surface area contributed by atoms with E-state index >= 15 is 0 Å². The van der Waals surface area contributed by atoms with Crippen molar-refractivity contribution < 1.29 is 4.39 Å². The van der Waals surface area contributed by atoms with Crippen molar-refractivity contribution in [1.29, 1.82) is 0 Å². The maximum absolute atomic E-state index is 13.4. The summed E-state index contributed by atoms with van der Waals surface area (Å²) >= 11 is 0. The summed E-state index contributed by atoms with van der Waals surface area (Å²) in [6.07, 6.45) is 1.77. The highest BCUT2D eigenvalue weighted by Gasteiger charge is 2.05. The highest BCUT2D eigenvalue weighted by Crippen LogP contribution is 2.21. The molecule has 0 radical (unpaired) electrons. The minimum Gasteiger partial charge on any atom is -0.361 e. The van der Waals surface area contributed by atoms with E-state index in [2.05, 4.69) is 4.98 Å². The minimum atomic E-state index is -0.232. The van der Waals surface area contributed by atoms with E-state index in [4.69, 9.17) is 5.73 Å². The second-order valence-electron chi connectivity index (χ2n) is 3.10. The maximum Gasteiger partial charge on any atom is 0.132 e. The van der Waals surface area contributed by atoms with Crippen LogP contribution >= 0.6 is 0 Å². The number of nitrogens with two attached hydrogens (primary N) is 1. The number of aromatic amines is 1. The lowest BCUT2D eigenvalue weighted by Crippen LogP contribution is -1.97. The van der Waals surface area contributed by atoms with Crippen molar-refractivity contribution in [2.24, 2.45) is 5.73 Å². The summed E-state index contributed by atoms with van der Waals surface area (Å²) in [7, 11) is 0. The number of hydrogen-bond acceptors (Lipinski definition) is 1. The van der Waals surface area contributed by atoms with Gasteiger partial charge in [-0.3, -0.25) is 0 Å². The lowest BCUT2D eigenvalue weighted by molar-refractivity contribution is 0.630. The van der Waals surface area contributed by atoms with E-state index in [0.717, 1.165) is 11.3 Å². The van der Waals surface area contributed by atoms with Gasteiger partial charge in [0.15, 0.2) is 0 Å². The fraction of sp³-hybridized carbons (Fsp3) is 0.0909. The fourth-order valence-electron chi connectivity index (χ4n) is 1.40. The predicted octanol–water partition coefficient (Wildman–Crippen LogP) is 2.28. The lowest BCUT2D eigenvalue weighted by atomic mass is 10.1. The number of nitrogens with one attached hydrogen (secondary N) is 1. The molecule has 2 aromatic rings. The largest absolute Gasteiger partial charge is 0.361 e. The van der Waals surface area contributed by atoms with Gasteiger partial charge in [0.05, 0.1) is 0 Å². The summed E-state index contributed by atoms with van der Waals surface area (Å²) in [5, 5.41) is 0. The molecule has 2 nitrogen and oxygen atoms in total. The van der Waals surface area contributed by atoms with Gasteiger partial charge in [-0.1, -0.05) is 6.07 Å². The Balaban J connectivity index is 2.51. The summed E-state index contributed by atoms with van der Waals surface area (Å²) in [4.78, 5) is 2.96. The molecular formula is C11H11FN2. The Hall–Kier alpha value is -1.61. The van der Waals surface area contributed by atoms with Gasteiger partial charge in [-0.25, -0.2) is 4.39 Å². The van der Waals surface area contributed by atoms with Crippen LogP contribution in [0, 0.1) is 5.82 Å². The molecule has 1 aromatic carbocycles. The number of halogens is 1. The molecule has 3 N–H and O–H groups in total. The SMILES string of the molecule is NCc1ccc(F)c(-c2ccc[nH]2)c1. The van der Waals surface area contributed by atoms with E-state index in [1.165, 1.54) is 6.07 Å². The van der Waals surface area contributed by atoms with Crippen molar-refractivity contribution in [2.75, 3.05) is 0 Å². The summed E-state index contributed by atoms with van der Waals surface area (Å²) < 4.78 is 13.4. The molecule has 72 valence electrons. The quantitative estimate of drug-likeness (QED) is 0.749. The summed E-state index contributed by atoms with van der Waals surface area (Å²) in [6.45, 7) is 0.425. The molecule has 14 heavy (non-hydrogen) atoms. The number of aromatic nitrogens is 1. The van der Waals surface area contributed by atoms with Gasteiger partial charge < -0.3 is 10.7 Å². The van der Waals surface area contributed by atoms with Crippen molar-refractivity contribution in [3.63, 3.8) is 0 Å². The average Bonchev–Trinajstić information content (AvgIpc) is 2.71. The second kappa shape index (κ2) is 3.64. The van der Waals surface area contributed by atoms with Crippen molar-refractivity contribution in [2.45, 2.75) is 6.54 Å². The minimum absolute atomic E-state index is 0.232. The first kappa shape index (κ1) is 8.97. The molecule has 0 spiro atoms. The van der Waals surface area contributed by atoms with Crippen LogP contribution in [0.2, 0.25) is 0 Å². The van der Waals surface area contributed by atoms with Crippen molar-refractivity contribution in [3.8, 4) is 11.3 Å². The molecule has 0 bridgehead atoms. The van der Waals surface area contributed by atoms with Crippen molar-refractivity contribution in [3.05, 3.63) is 47.9 Å². The van der Waals surface area contributed by atoms with Crippen LogP contribution in [0.5, 0.6) is 0 Å². The number of benzene rings is 1. The fourth-order valence-corrected chi connectivity index (χ4v) is 1.40. The molecular weight excluding hydrogens is 179 g/mol. The zero-order valence-electron chi connectivity index (χ0n) is 7.63. The molecule has 0 saturated heterocycles. The topological polar surface area (TPSA) is 41.8 Å². The van der Waals surface area contributed by atoms with Gasteiger partial charge in [-0.05, 0) is 29.8 Å². The Kier molecular flexibility index (Phi) is 2.33. The van der Waals surface area contributed by atoms with Gasteiger partial charge >= 0.3 is 0 Å². The number of rotatable bonds is 2. The Labute approximate surface area is 81.6 Å². The Morgan fingerprint density at radius 2 is 2.14 bits per heavy atom. The first-order chi connectivity index (χ1) is 6.81. The van der Waals surface area contributed by atoms with Crippen LogP contribution in [0.15, 0.2) is 36.5 Å². The van der Waals surface area contributed by atoms with Crippen LogP contribution in [0.4, 0.5) is 4.39 Å². The van der Waals surface area contributed by atoms with Gasteiger partial charge in [0.2, 0.25) is 0 Å². The Morgan fingerprint density at radius 1 is 1.29 bits per heavy atom. The molecule has 2 rings (SSSR count). The molecule has 1 heterocycles. The summed E-state index contributed by atoms with van der Waals surface area (Å²) in [5.41, 5.74) is 7.76. The van der Waals surface area contributed by atoms with Gasteiger partial charge in [0.1, 0.15) is 5.82 Å². The third-order valence-corrected chi connectivity index (χ3v) is 2.15. The molecule has 0 saturated carbocycles. The Bertz CT molecular complexity index is 421. The molecule has 0 aliphatic carbocycles. The molecule has 0 aliphatic heterocycles. The predicted molar refractivity (Wildman–Crippen MR) is 54.1 cm³/mol. The number of hydrogen-bond donors (Lipinski definition) is 2. The van der Waals surface area contributed by atoms with Crippen LogP contribution in [-0.4, -0.2) is 4.98 Å². The maximum atomic E-state index is 13.4. The summed E-state index contributed by atoms with van der Waals surface area (Å²) in [5.74, 6) is -0.232. The highest BCUT2D eigenvalue weighted by molar-refractivity contribution is 5.61. The molecule has 0 amide bonds. The van der Waals surface area contributed by atoms with E-state index in [0.29, 0.717) is 12.1 Å². The van der Waals surface area contributed by atoms with Crippen LogP contribution in [0.1, 0.15) is 5.56 Å². The first-order valence-electron chi connectivity index (χ1n) is 4.43. The van der Waals surface area contributed by atoms with Crippen LogP contribution in [0.3, 0.4) is 0 Å². The van der Waals surface area contributed by atoms with Crippen LogP contribution < -0.4 is 5.73 Å². The van der Waals surface area contributed by atoms with Gasteiger partial charge in [-0.2, -0.15) is 0 Å². The van der Waals surface area contributed by atoms with Gasteiger partial charge in [-0.15, -0.1) is 0 Å². The zero-order chi connectivity index (χ0) is 9.97. The molecule has 0 atom stereocenters. The third kappa shape index (κ3) is 1.54. The smallest absolute Gasteiger partial charge is 0.132 e. The molecule has 1 aromatic heterocycles. The Morgan fingerprint density at radius 3 is 2.79 bits per heavy atom. The van der Waals surface area contributed by atoms with E-state index in [1.807, 2.05) is 12.1 Å². The molecule has 0 unspecified atom stereocenters. The van der Waals surface area contributed by atoms with E-state index in [9.17, 15) is 4.39 Å². The van der Waals surface area contributed by atoms with E-state index in [1.54, 1.807) is 18.3 Å². The first-order valence-corrected chi connectivity index (χ1v) is 4.43. The standard InChI is InChI=1S/C11H11FN2/c12-10-4-3-8(7-13)6-9(10)11-2-1-5-14-11/h1-6,14H,7,13H2. The summed E-state index contributed by atoms with van der Waals surface area (Å²) in [6, 6.07) is 8.57. The highest BCUT2D eigenvalue weighted by atomic mass is 19.1. The second-order valence-corrected chi connectivity index (χ2v) is 3.10. The zero-order valence-corrected chi connectivity index (χ0v) is 7.63. The molecule has 0 aliphatic rings. The number of H-pyrrole nitrogens is 1. The van der Waals surface area contributed by atoms with Crippen LogP contribution in [-0.2, 0) is 6.54 Å². The molecule has 3 heteroatoms. The van der Waals surface area contributed by atoms with Gasteiger partial charge in [0, 0.05) is 24.0 Å². The molecule has 0 fully saturated rings.